The third-order valence-corrected chi connectivity index (χ3v) is 1.85. The fourth-order valence-electron chi connectivity index (χ4n) is 1.34. The smallest absolute Gasteiger partial charge is 0.0931 e. The molecule has 1 N–H and O–H groups in total. The van der Waals surface area contributed by atoms with Crippen LogP contribution in [0.2, 0.25) is 0 Å². The van der Waals surface area contributed by atoms with Crippen LogP contribution in [0.4, 0.5) is 4.39 Å². The number of rotatable bonds is 1. The lowest BCUT2D eigenvalue weighted by atomic mass is 9.98. The SMILES string of the molecule is C/C(F)=C/C1CCNCC1. The maximum Gasteiger partial charge on any atom is 0.0931 e. The van der Waals surface area contributed by atoms with Crippen LogP contribution in [-0.2, 0) is 0 Å². The predicted molar refractivity (Wildman–Crippen MR) is 40.5 cm³/mol. The van der Waals surface area contributed by atoms with E-state index in [1.165, 1.54) is 6.92 Å². The van der Waals surface area contributed by atoms with E-state index in [1.54, 1.807) is 6.08 Å². The molecule has 0 atom stereocenters. The van der Waals surface area contributed by atoms with Gasteiger partial charge in [-0.2, -0.15) is 0 Å². The van der Waals surface area contributed by atoms with Crippen LogP contribution in [-0.4, -0.2) is 13.1 Å². The molecule has 1 aliphatic heterocycles. The first-order valence-corrected chi connectivity index (χ1v) is 3.83. The van der Waals surface area contributed by atoms with Gasteiger partial charge in [-0.1, -0.05) is 0 Å². The summed E-state index contributed by atoms with van der Waals surface area (Å²) in [4.78, 5) is 0. The highest BCUT2D eigenvalue weighted by Crippen LogP contribution is 2.15. The highest BCUT2D eigenvalue weighted by Gasteiger charge is 2.09. The lowest BCUT2D eigenvalue weighted by Crippen LogP contribution is -2.26. The molecular weight excluding hydrogens is 129 g/mol. The molecule has 0 aromatic carbocycles. The fourth-order valence-corrected chi connectivity index (χ4v) is 1.34. The number of allylic oxidation sites excluding steroid dienone is 2. The third kappa shape index (κ3) is 2.48. The molecule has 0 aromatic rings. The minimum Gasteiger partial charge on any atom is -0.317 e. The summed E-state index contributed by atoms with van der Waals surface area (Å²) in [5.41, 5.74) is 0. The van der Waals surface area contributed by atoms with Gasteiger partial charge in [0.2, 0.25) is 0 Å². The van der Waals surface area contributed by atoms with Gasteiger partial charge in [0.25, 0.3) is 0 Å². The topological polar surface area (TPSA) is 12.0 Å². The third-order valence-electron chi connectivity index (χ3n) is 1.85. The number of halogens is 1. The quantitative estimate of drug-likeness (QED) is 0.590. The second kappa shape index (κ2) is 3.71. The standard InChI is InChI=1S/C8H14FN/c1-7(9)6-8-2-4-10-5-3-8/h6,8,10H,2-5H2,1H3/b7-6-. The predicted octanol–water partition coefficient (Wildman–Crippen LogP) is 1.86. The molecule has 0 radical (unpaired) electrons. The summed E-state index contributed by atoms with van der Waals surface area (Å²) in [6, 6.07) is 0. The van der Waals surface area contributed by atoms with Gasteiger partial charge in [0.15, 0.2) is 0 Å². The number of hydrogen-bond donors (Lipinski definition) is 1. The summed E-state index contributed by atoms with van der Waals surface area (Å²) >= 11 is 0. The van der Waals surface area contributed by atoms with Gasteiger partial charge in [-0.3, -0.25) is 0 Å². The van der Waals surface area contributed by atoms with Crippen molar-refractivity contribution in [2.45, 2.75) is 19.8 Å². The first-order chi connectivity index (χ1) is 4.79. The lowest BCUT2D eigenvalue weighted by molar-refractivity contribution is 0.428. The molecule has 1 saturated heterocycles. The monoisotopic (exact) mass is 143 g/mol. The highest BCUT2D eigenvalue weighted by molar-refractivity contribution is 4.93. The Hall–Kier alpha value is -0.370. The zero-order valence-electron chi connectivity index (χ0n) is 6.36. The van der Waals surface area contributed by atoms with Crippen molar-refractivity contribution in [3.63, 3.8) is 0 Å². The minimum absolute atomic E-state index is 0.0353. The van der Waals surface area contributed by atoms with Gasteiger partial charge in [-0.15, -0.1) is 0 Å². The Morgan fingerprint density at radius 1 is 1.50 bits per heavy atom. The van der Waals surface area contributed by atoms with Crippen molar-refractivity contribution in [2.24, 2.45) is 5.92 Å². The van der Waals surface area contributed by atoms with Gasteiger partial charge >= 0.3 is 0 Å². The van der Waals surface area contributed by atoms with E-state index in [9.17, 15) is 4.39 Å². The van der Waals surface area contributed by atoms with Crippen LogP contribution in [0.3, 0.4) is 0 Å². The van der Waals surface area contributed by atoms with Gasteiger partial charge < -0.3 is 5.32 Å². The summed E-state index contributed by atoms with van der Waals surface area (Å²) in [5, 5.41) is 3.24. The maximum absolute atomic E-state index is 12.3. The minimum atomic E-state index is -0.0353. The van der Waals surface area contributed by atoms with Crippen molar-refractivity contribution in [1.82, 2.24) is 5.32 Å². The molecule has 0 aromatic heterocycles. The second-order valence-corrected chi connectivity index (χ2v) is 2.84. The fraction of sp³-hybridized carbons (Fsp3) is 0.750. The average molecular weight is 143 g/mol. The summed E-state index contributed by atoms with van der Waals surface area (Å²) in [5.74, 6) is 0.443. The molecule has 1 fully saturated rings. The van der Waals surface area contributed by atoms with E-state index in [0.29, 0.717) is 5.92 Å². The molecule has 0 saturated carbocycles. The summed E-state index contributed by atoms with van der Waals surface area (Å²) < 4.78 is 12.3. The molecule has 1 rings (SSSR count). The largest absolute Gasteiger partial charge is 0.317 e. The maximum atomic E-state index is 12.3. The Labute approximate surface area is 61.3 Å². The zero-order valence-corrected chi connectivity index (χ0v) is 6.36. The molecule has 0 aliphatic carbocycles. The number of nitrogens with one attached hydrogen (secondary N) is 1. The van der Waals surface area contributed by atoms with Crippen LogP contribution in [0.5, 0.6) is 0 Å². The summed E-state index contributed by atoms with van der Waals surface area (Å²) in [6.07, 6.45) is 3.91. The normalized spacial score (nSPS) is 23.2. The van der Waals surface area contributed by atoms with Crippen molar-refractivity contribution in [3.8, 4) is 0 Å². The van der Waals surface area contributed by atoms with Crippen molar-refractivity contribution < 1.29 is 4.39 Å². The van der Waals surface area contributed by atoms with Crippen LogP contribution < -0.4 is 5.32 Å². The van der Waals surface area contributed by atoms with Crippen LogP contribution in [0.25, 0.3) is 0 Å². The van der Waals surface area contributed by atoms with E-state index in [0.717, 1.165) is 25.9 Å². The van der Waals surface area contributed by atoms with Gasteiger partial charge in [-0.25, -0.2) is 4.39 Å². The van der Waals surface area contributed by atoms with Gasteiger partial charge in [-0.05, 0) is 44.8 Å². The summed E-state index contributed by atoms with van der Waals surface area (Å²) in [7, 11) is 0. The van der Waals surface area contributed by atoms with E-state index < -0.39 is 0 Å². The first kappa shape index (κ1) is 7.73. The second-order valence-electron chi connectivity index (χ2n) is 2.84. The molecule has 1 heterocycles. The average Bonchev–Trinajstić information content (AvgIpc) is 1.88. The molecule has 0 spiro atoms. The Kier molecular flexibility index (Phi) is 2.87. The molecule has 0 amide bonds. The van der Waals surface area contributed by atoms with E-state index in [-0.39, 0.29) is 5.83 Å². The molecule has 0 bridgehead atoms. The molecule has 2 heteroatoms. The number of hydrogen-bond acceptors (Lipinski definition) is 1. The number of piperidine rings is 1. The van der Waals surface area contributed by atoms with Crippen LogP contribution in [0, 0.1) is 5.92 Å². The molecule has 58 valence electrons. The first-order valence-electron chi connectivity index (χ1n) is 3.83. The van der Waals surface area contributed by atoms with E-state index in [2.05, 4.69) is 5.32 Å². The van der Waals surface area contributed by atoms with Gasteiger partial charge in [0.1, 0.15) is 0 Å². The van der Waals surface area contributed by atoms with Crippen LogP contribution >= 0.6 is 0 Å². The van der Waals surface area contributed by atoms with Crippen molar-refractivity contribution >= 4 is 0 Å². The Bertz CT molecular complexity index is 121. The van der Waals surface area contributed by atoms with E-state index in [1.807, 2.05) is 0 Å². The molecule has 10 heavy (non-hydrogen) atoms. The molecular formula is C8H14FN. The van der Waals surface area contributed by atoms with E-state index >= 15 is 0 Å². The van der Waals surface area contributed by atoms with Crippen molar-refractivity contribution in [2.75, 3.05) is 13.1 Å². The Morgan fingerprint density at radius 3 is 2.60 bits per heavy atom. The Balaban J connectivity index is 2.33. The van der Waals surface area contributed by atoms with Crippen LogP contribution in [0.1, 0.15) is 19.8 Å². The lowest BCUT2D eigenvalue weighted by Gasteiger charge is -2.18. The molecule has 1 nitrogen and oxygen atoms in total. The van der Waals surface area contributed by atoms with Gasteiger partial charge in [0.05, 0.1) is 5.83 Å². The molecule has 1 aliphatic rings. The van der Waals surface area contributed by atoms with Gasteiger partial charge in [0, 0.05) is 0 Å². The van der Waals surface area contributed by atoms with E-state index in [4.69, 9.17) is 0 Å². The van der Waals surface area contributed by atoms with Crippen LogP contribution in [0.15, 0.2) is 11.9 Å². The van der Waals surface area contributed by atoms with Crippen molar-refractivity contribution in [3.05, 3.63) is 11.9 Å². The highest BCUT2D eigenvalue weighted by atomic mass is 19.1. The van der Waals surface area contributed by atoms with Crippen molar-refractivity contribution in [1.29, 1.82) is 0 Å². The molecule has 0 unspecified atom stereocenters. The zero-order chi connectivity index (χ0) is 7.40. The summed E-state index contributed by atoms with van der Waals surface area (Å²) in [6.45, 7) is 3.59. The Morgan fingerprint density at radius 2 is 2.10 bits per heavy atom.